The fourth-order valence-electron chi connectivity index (χ4n) is 2.49. The molecular weight excluding hydrogens is 304 g/mol. The van der Waals surface area contributed by atoms with E-state index in [4.69, 9.17) is 0 Å². The molecule has 5 heteroatoms. The van der Waals surface area contributed by atoms with E-state index in [2.05, 4.69) is 34.3 Å². The van der Waals surface area contributed by atoms with Crippen molar-refractivity contribution in [3.05, 3.63) is 71.3 Å². The van der Waals surface area contributed by atoms with Crippen LogP contribution in [0.3, 0.4) is 0 Å². The van der Waals surface area contributed by atoms with Crippen molar-refractivity contribution in [1.29, 1.82) is 0 Å². The van der Waals surface area contributed by atoms with E-state index >= 15 is 0 Å². The van der Waals surface area contributed by atoms with Crippen LogP contribution in [0.1, 0.15) is 29.7 Å². The number of hydrogen-bond acceptors (Lipinski definition) is 3. The summed E-state index contributed by atoms with van der Waals surface area (Å²) in [5.41, 5.74) is 3.38. The fraction of sp³-hybridized carbons (Fsp3) is 0.263. The predicted molar refractivity (Wildman–Crippen MR) is 91.4 cm³/mol. The smallest absolute Gasteiger partial charge is 0.413 e. The first-order chi connectivity index (χ1) is 11.5. The third-order valence-electron chi connectivity index (χ3n) is 3.90. The van der Waals surface area contributed by atoms with Crippen LogP contribution in [0.5, 0.6) is 0 Å². The Bertz CT molecular complexity index is 684. The minimum Gasteiger partial charge on any atom is -0.453 e. The summed E-state index contributed by atoms with van der Waals surface area (Å²) in [6.07, 6.45) is -0.744. The Balaban J connectivity index is 2.22. The van der Waals surface area contributed by atoms with Gasteiger partial charge in [-0.15, -0.1) is 0 Å². The third kappa shape index (κ3) is 4.67. The lowest BCUT2D eigenvalue weighted by Gasteiger charge is -2.20. The maximum absolute atomic E-state index is 12.1. The molecule has 2 aromatic rings. The molecule has 0 aliphatic rings. The summed E-state index contributed by atoms with van der Waals surface area (Å²) >= 11 is 0. The lowest BCUT2D eigenvalue weighted by molar-refractivity contribution is -0.704. The van der Waals surface area contributed by atoms with E-state index in [-0.39, 0.29) is 11.9 Å². The second-order valence-electron chi connectivity index (χ2n) is 5.76. The summed E-state index contributed by atoms with van der Waals surface area (Å²) < 4.78 is 4.47. The summed E-state index contributed by atoms with van der Waals surface area (Å²) in [6.45, 7) is 3.81. The average molecular weight is 327 g/mol. The number of rotatable bonds is 5. The van der Waals surface area contributed by atoms with Crippen LogP contribution >= 0.6 is 0 Å². The minimum absolute atomic E-state index is 0.0369. The Morgan fingerprint density at radius 2 is 1.58 bits per heavy atom. The monoisotopic (exact) mass is 327 g/mol. The number of nitrogens with one attached hydrogen (secondary N) is 1. The van der Waals surface area contributed by atoms with Crippen LogP contribution in [0.25, 0.3) is 0 Å². The number of carbonyl (C=O) groups is 2. The van der Waals surface area contributed by atoms with E-state index in [1.165, 1.54) is 12.7 Å². The Morgan fingerprint density at radius 3 is 2.17 bits per heavy atom. The number of alkyl carbamates (subject to hydrolysis) is 1. The van der Waals surface area contributed by atoms with Gasteiger partial charge in [0.2, 0.25) is 0 Å². The quantitative estimate of drug-likeness (QED) is 0.881. The predicted octanol–water partition coefficient (Wildman–Crippen LogP) is 1.92. The van der Waals surface area contributed by atoms with Gasteiger partial charge in [0, 0.05) is 11.1 Å². The van der Waals surface area contributed by atoms with E-state index in [0.717, 1.165) is 11.1 Å². The number of methoxy groups -OCH3 is 1. The minimum atomic E-state index is -0.744. The Hall–Kier alpha value is -2.66. The number of nitrogens with two attached hydrogens (primary N) is 1. The molecule has 0 aromatic heterocycles. The number of aryl methyl sites for hydroxylation is 1. The van der Waals surface area contributed by atoms with Crippen molar-refractivity contribution in [3.63, 3.8) is 0 Å². The molecule has 0 radical (unpaired) electrons. The van der Waals surface area contributed by atoms with E-state index in [1.54, 1.807) is 6.92 Å². The highest BCUT2D eigenvalue weighted by Crippen LogP contribution is 2.18. The topological polar surface area (TPSA) is 72.0 Å². The van der Waals surface area contributed by atoms with Crippen molar-refractivity contribution in [2.45, 2.75) is 25.9 Å². The first-order valence-corrected chi connectivity index (χ1v) is 7.86. The number of amides is 2. The fourth-order valence-corrected chi connectivity index (χ4v) is 2.49. The maximum Gasteiger partial charge on any atom is 0.413 e. The van der Waals surface area contributed by atoms with Crippen molar-refractivity contribution < 1.29 is 19.6 Å². The van der Waals surface area contributed by atoms with Crippen LogP contribution in [-0.4, -0.2) is 25.2 Å². The van der Waals surface area contributed by atoms with Gasteiger partial charge in [0.15, 0.2) is 6.04 Å². The number of quaternary nitrogens is 1. The van der Waals surface area contributed by atoms with Crippen molar-refractivity contribution in [2.24, 2.45) is 0 Å². The van der Waals surface area contributed by atoms with Crippen LogP contribution in [-0.2, 0) is 9.53 Å². The number of hydrogen-bond donors (Lipinski definition) is 2. The zero-order valence-corrected chi connectivity index (χ0v) is 14.2. The van der Waals surface area contributed by atoms with Gasteiger partial charge < -0.3 is 10.1 Å². The lowest BCUT2D eigenvalue weighted by atomic mass is 9.97. The van der Waals surface area contributed by atoms with Gasteiger partial charge in [0.25, 0.3) is 5.91 Å². The largest absolute Gasteiger partial charge is 0.453 e. The summed E-state index contributed by atoms with van der Waals surface area (Å²) in [5.74, 6) is -0.380. The van der Waals surface area contributed by atoms with Crippen LogP contribution in [0.2, 0.25) is 0 Å². The molecule has 0 bridgehead atoms. The Labute approximate surface area is 142 Å². The molecule has 2 aromatic carbocycles. The van der Waals surface area contributed by atoms with Gasteiger partial charge in [0.05, 0.1) is 7.11 Å². The van der Waals surface area contributed by atoms with E-state index in [0.29, 0.717) is 0 Å². The van der Waals surface area contributed by atoms with Crippen molar-refractivity contribution in [1.82, 2.24) is 5.32 Å². The summed E-state index contributed by atoms with van der Waals surface area (Å²) in [6, 6.07) is 17.7. The molecule has 0 saturated carbocycles. The van der Waals surface area contributed by atoms with Crippen LogP contribution in [0.15, 0.2) is 54.6 Å². The van der Waals surface area contributed by atoms with Gasteiger partial charge in [-0.25, -0.2) is 4.79 Å². The van der Waals surface area contributed by atoms with E-state index in [1.807, 2.05) is 42.6 Å². The maximum atomic E-state index is 12.1. The van der Waals surface area contributed by atoms with Gasteiger partial charge in [-0.2, -0.15) is 0 Å². The van der Waals surface area contributed by atoms with Crippen LogP contribution < -0.4 is 10.6 Å². The second kappa shape index (κ2) is 8.26. The molecule has 5 nitrogen and oxygen atoms in total. The molecule has 0 saturated heterocycles. The molecule has 2 atom stereocenters. The van der Waals surface area contributed by atoms with E-state index < -0.39 is 12.1 Å². The normalized spacial score (nSPS) is 13.0. The first kappa shape index (κ1) is 17.7. The van der Waals surface area contributed by atoms with Gasteiger partial charge in [-0.3, -0.25) is 10.1 Å². The molecule has 126 valence electrons. The Kier molecular flexibility index (Phi) is 6.09. The molecule has 0 aliphatic heterocycles. The number of carbonyl (C=O) groups excluding carboxylic acids is 2. The number of benzene rings is 2. The standard InChI is InChI=1S/C19H22N2O3/c1-13-9-11-16(12-10-13)17(15-7-5-4-6-8-15)20-14(2)18(22)21-19(23)24-3/h4-12,14,17,20H,1-3H3,(H,21,22,23)/p+1/t14-,17+/m1/s1. The molecule has 0 fully saturated rings. The molecule has 0 heterocycles. The molecule has 2 rings (SSSR count). The summed E-state index contributed by atoms with van der Waals surface area (Å²) in [7, 11) is 1.23. The highest BCUT2D eigenvalue weighted by molar-refractivity contribution is 5.93. The molecule has 0 unspecified atom stereocenters. The van der Waals surface area contributed by atoms with Gasteiger partial charge >= 0.3 is 6.09 Å². The van der Waals surface area contributed by atoms with E-state index in [9.17, 15) is 9.59 Å². The second-order valence-corrected chi connectivity index (χ2v) is 5.76. The van der Waals surface area contributed by atoms with Crippen LogP contribution in [0, 0.1) is 6.92 Å². The summed E-state index contributed by atoms with van der Waals surface area (Å²) in [5, 5.41) is 4.16. The van der Waals surface area contributed by atoms with Crippen LogP contribution in [0.4, 0.5) is 4.79 Å². The van der Waals surface area contributed by atoms with Crippen molar-refractivity contribution in [3.8, 4) is 0 Å². The zero-order chi connectivity index (χ0) is 17.5. The summed E-state index contributed by atoms with van der Waals surface area (Å²) in [4.78, 5) is 23.3. The highest BCUT2D eigenvalue weighted by Gasteiger charge is 2.25. The van der Waals surface area contributed by atoms with Crippen molar-refractivity contribution >= 4 is 12.0 Å². The SMILES string of the molecule is COC(=O)NC(=O)[C@@H](C)[NH2+][C@@H](c1ccccc1)c1ccc(C)cc1. The molecular formula is C19H23N2O3+. The average Bonchev–Trinajstić information content (AvgIpc) is 2.61. The van der Waals surface area contributed by atoms with Gasteiger partial charge in [-0.05, 0) is 13.8 Å². The third-order valence-corrected chi connectivity index (χ3v) is 3.90. The molecule has 3 N–H and O–H groups in total. The van der Waals surface area contributed by atoms with Gasteiger partial charge in [0.1, 0.15) is 6.04 Å². The highest BCUT2D eigenvalue weighted by atomic mass is 16.5. The first-order valence-electron chi connectivity index (χ1n) is 7.86. The lowest BCUT2D eigenvalue weighted by Crippen LogP contribution is -2.92. The number of imide groups is 1. The Morgan fingerprint density at radius 1 is 1.00 bits per heavy atom. The van der Waals surface area contributed by atoms with Crippen molar-refractivity contribution in [2.75, 3.05) is 7.11 Å². The molecule has 2 amide bonds. The van der Waals surface area contributed by atoms with Gasteiger partial charge in [-0.1, -0.05) is 60.2 Å². The molecule has 0 aliphatic carbocycles. The zero-order valence-electron chi connectivity index (χ0n) is 14.2. The molecule has 0 spiro atoms. The number of ether oxygens (including phenoxy) is 1. The molecule has 24 heavy (non-hydrogen) atoms.